The highest BCUT2D eigenvalue weighted by Crippen LogP contribution is 1.89. The molecule has 0 saturated carbocycles. The molecule has 0 aliphatic heterocycles. The predicted molar refractivity (Wildman–Crippen MR) is 30.8 cm³/mol. The number of carbonyl (C=O) groups excluding carboxylic acids is 2. The minimum atomic E-state index is -0.850. The Bertz CT molecular complexity index is 110. The van der Waals surface area contributed by atoms with Gasteiger partial charge in [0.2, 0.25) is 0 Å². The second-order valence-corrected chi connectivity index (χ2v) is 1.46. The summed E-state index contributed by atoms with van der Waals surface area (Å²) in [6, 6.07) is 0. The molecule has 0 heterocycles. The van der Waals surface area contributed by atoms with Crippen LogP contribution in [-0.4, -0.2) is 11.3 Å². The molecule has 0 bridgehead atoms. The van der Waals surface area contributed by atoms with Crippen molar-refractivity contribution in [2.75, 3.05) is 0 Å². The highest BCUT2D eigenvalue weighted by molar-refractivity contribution is 7.96. The van der Waals surface area contributed by atoms with Gasteiger partial charge in [-0.05, 0) is 0 Å². The molecule has 8 heavy (non-hydrogen) atoms. The maximum Gasteiger partial charge on any atom is 0.371 e. The summed E-state index contributed by atoms with van der Waals surface area (Å²) in [7, 11) is 0. The number of ether oxygens (including phenoxy) is 1. The minimum Gasteiger partial charge on any atom is -0.385 e. The second-order valence-electron chi connectivity index (χ2n) is 1.09. The van der Waals surface area contributed by atoms with E-state index in [0.717, 1.165) is 0 Å². The maximum absolute atomic E-state index is 10.1. The SMILES string of the molecule is CCC(=O)OC(=O)S. The van der Waals surface area contributed by atoms with Crippen LogP contribution in [0.4, 0.5) is 4.79 Å². The Hall–Kier alpha value is -0.510. The van der Waals surface area contributed by atoms with Crippen molar-refractivity contribution < 1.29 is 14.3 Å². The van der Waals surface area contributed by atoms with E-state index in [1.54, 1.807) is 6.92 Å². The van der Waals surface area contributed by atoms with E-state index < -0.39 is 11.3 Å². The highest BCUT2D eigenvalue weighted by atomic mass is 32.1. The number of esters is 1. The van der Waals surface area contributed by atoms with Crippen molar-refractivity contribution in [3.05, 3.63) is 0 Å². The van der Waals surface area contributed by atoms with Gasteiger partial charge in [-0.2, -0.15) is 0 Å². The number of carbonyl (C=O) groups is 2. The molecule has 4 heteroatoms. The minimum absolute atomic E-state index is 0.201. The quantitative estimate of drug-likeness (QED) is 0.330. The van der Waals surface area contributed by atoms with Crippen LogP contribution >= 0.6 is 12.6 Å². The summed E-state index contributed by atoms with van der Waals surface area (Å²) in [5.74, 6) is -0.551. The molecule has 0 aromatic carbocycles. The summed E-state index contributed by atoms with van der Waals surface area (Å²) >= 11 is 3.21. The monoisotopic (exact) mass is 134 g/mol. The van der Waals surface area contributed by atoms with Crippen molar-refractivity contribution >= 4 is 23.9 Å². The first-order valence-corrected chi connectivity index (χ1v) is 2.55. The van der Waals surface area contributed by atoms with Gasteiger partial charge in [0.15, 0.2) is 0 Å². The Labute approximate surface area is 52.4 Å². The molecule has 0 atom stereocenters. The van der Waals surface area contributed by atoms with E-state index >= 15 is 0 Å². The van der Waals surface area contributed by atoms with E-state index in [2.05, 4.69) is 17.4 Å². The average Bonchev–Trinajstić information content (AvgIpc) is 1.65. The Morgan fingerprint density at radius 1 is 1.62 bits per heavy atom. The van der Waals surface area contributed by atoms with Gasteiger partial charge in [-0.3, -0.25) is 4.79 Å². The van der Waals surface area contributed by atoms with Crippen LogP contribution in [0.25, 0.3) is 0 Å². The topological polar surface area (TPSA) is 43.4 Å². The first-order chi connectivity index (χ1) is 3.66. The molecule has 0 radical (unpaired) electrons. The van der Waals surface area contributed by atoms with Crippen molar-refractivity contribution in [3.8, 4) is 0 Å². The van der Waals surface area contributed by atoms with Crippen molar-refractivity contribution in [3.63, 3.8) is 0 Å². The van der Waals surface area contributed by atoms with Crippen LogP contribution in [0.2, 0.25) is 0 Å². The molecule has 0 aliphatic rings. The Morgan fingerprint density at radius 3 is 2.25 bits per heavy atom. The normalized spacial score (nSPS) is 8.25. The number of thiol groups is 1. The summed E-state index contributed by atoms with van der Waals surface area (Å²) in [4.78, 5) is 20.0. The first-order valence-electron chi connectivity index (χ1n) is 2.10. The summed E-state index contributed by atoms with van der Waals surface area (Å²) in [5.41, 5.74) is 0. The third-order valence-corrected chi connectivity index (χ3v) is 0.581. The van der Waals surface area contributed by atoms with Crippen molar-refractivity contribution in [1.29, 1.82) is 0 Å². The lowest BCUT2D eigenvalue weighted by Gasteiger charge is -1.91. The molecule has 46 valence electrons. The Morgan fingerprint density at radius 2 is 2.12 bits per heavy atom. The summed E-state index contributed by atoms with van der Waals surface area (Å²) in [5, 5.41) is -0.850. The largest absolute Gasteiger partial charge is 0.385 e. The third kappa shape index (κ3) is 3.67. The van der Waals surface area contributed by atoms with Gasteiger partial charge >= 0.3 is 11.3 Å². The lowest BCUT2D eigenvalue weighted by molar-refractivity contribution is -0.136. The predicted octanol–water partition coefficient (Wildman–Crippen LogP) is 0.989. The molecule has 0 saturated heterocycles. The standard InChI is InChI=1S/C4H6O3S/c1-2-3(5)7-4(6)8/h2H2,1H3,(H,6,8). The van der Waals surface area contributed by atoms with Gasteiger partial charge in [0.1, 0.15) is 0 Å². The van der Waals surface area contributed by atoms with E-state index in [1.165, 1.54) is 0 Å². The molecule has 0 aliphatic carbocycles. The molecule has 0 spiro atoms. The van der Waals surface area contributed by atoms with Crippen LogP contribution in [0.3, 0.4) is 0 Å². The zero-order chi connectivity index (χ0) is 6.57. The van der Waals surface area contributed by atoms with E-state index in [-0.39, 0.29) is 6.42 Å². The van der Waals surface area contributed by atoms with Crippen molar-refractivity contribution in [2.45, 2.75) is 13.3 Å². The van der Waals surface area contributed by atoms with E-state index in [4.69, 9.17) is 0 Å². The average molecular weight is 134 g/mol. The van der Waals surface area contributed by atoms with Crippen LogP contribution in [-0.2, 0) is 9.53 Å². The lowest BCUT2D eigenvalue weighted by Crippen LogP contribution is -2.03. The van der Waals surface area contributed by atoms with Gasteiger partial charge in [0.25, 0.3) is 0 Å². The van der Waals surface area contributed by atoms with E-state index in [1.807, 2.05) is 0 Å². The molecule has 0 aromatic heterocycles. The zero-order valence-electron chi connectivity index (χ0n) is 4.38. The number of hydrogen-bond acceptors (Lipinski definition) is 3. The van der Waals surface area contributed by atoms with Gasteiger partial charge in [0, 0.05) is 6.42 Å². The van der Waals surface area contributed by atoms with Crippen molar-refractivity contribution in [1.82, 2.24) is 0 Å². The molecular weight excluding hydrogens is 128 g/mol. The van der Waals surface area contributed by atoms with Gasteiger partial charge in [-0.15, -0.1) is 0 Å². The van der Waals surface area contributed by atoms with Crippen LogP contribution in [0, 0.1) is 0 Å². The molecular formula is C4H6O3S. The Balaban J connectivity index is 3.40. The smallest absolute Gasteiger partial charge is 0.371 e. The van der Waals surface area contributed by atoms with Gasteiger partial charge in [-0.25, -0.2) is 4.79 Å². The molecule has 0 aromatic rings. The first kappa shape index (κ1) is 7.49. The van der Waals surface area contributed by atoms with E-state index in [9.17, 15) is 9.59 Å². The fourth-order valence-corrected chi connectivity index (χ4v) is 0.271. The molecule has 0 amide bonds. The zero-order valence-corrected chi connectivity index (χ0v) is 5.27. The molecule has 0 unspecified atom stereocenters. The fourth-order valence-electron chi connectivity index (χ4n) is 0.170. The number of hydrogen-bond donors (Lipinski definition) is 1. The fraction of sp³-hybridized carbons (Fsp3) is 0.500. The molecule has 0 rings (SSSR count). The van der Waals surface area contributed by atoms with Crippen LogP contribution < -0.4 is 0 Å². The summed E-state index contributed by atoms with van der Waals surface area (Å²) < 4.78 is 3.99. The molecule has 0 N–H and O–H groups in total. The maximum atomic E-state index is 10.1. The second kappa shape index (κ2) is 3.49. The third-order valence-electron chi connectivity index (χ3n) is 0.490. The van der Waals surface area contributed by atoms with Gasteiger partial charge < -0.3 is 4.74 Å². The van der Waals surface area contributed by atoms with Crippen molar-refractivity contribution in [2.24, 2.45) is 0 Å². The van der Waals surface area contributed by atoms with Gasteiger partial charge in [0.05, 0.1) is 0 Å². The highest BCUT2D eigenvalue weighted by Gasteiger charge is 2.00. The Kier molecular flexibility index (Phi) is 3.26. The lowest BCUT2D eigenvalue weighted by atomic mass is 10.5. The molecule has 3 nitrogen and oxygen atoms in total. The van der Waals surface area contributed by atoms with E-state index in [0.29, 0.717) is 0 Å². The summed E-state index contributed by atoms with van der Waals surface area (Å²) in [6.45, 7) is 1.60. The van der Waals surface area contributed by atoms with Gasteiger partial charge in [-0.1, -0.05) is 19.6 Å². The number of rotatable bonds is 1. The van der Waals surface area contributed by atoms with Crippen LogP contribution in [0.1, 0.15) is 13.3 Å². The van der Waals surface area contributed by atoms with Crippen LogP contribution in [0.15, 0.2) is 0 Å². The summed E-state index contributed by atoms with van der Waals surface area (Å²) in [6.07, 6.45) is 0.201. The molecule has 0 fully saturated rings. The van der Waals surface area contributed by atoms with Crippen LogP contribution in [0.5, 0.6) is 0 Å².